The molecule has 0 saturated carbocycles. The van der Waals surface area contributed by atoms with E-state index >= 15 is 0 Å². The summed E-state index contributed by atoms with van der Waals surface area (Å²) < 4.78 is 1.20. The Hall–Kier alpha value is -3.00. The molecule has 0 atom stereocenters. The van der Waals surface area contributed by atoms with E-state index in [9.17, 15) is 14.9 Å². The Balaban J connectivity index is 1.29. The lowest BCUT2D eigenvalue weighted by Crippen LogP contribution is -2.38. The number of benzene rings is 2. The Bertz CT molecular complexity index is 1100. The van der Waals surface area contributed by atoms with Crippen LogP contribution in [0.15, 0.2) is 42.5 Å². The lowest BCUT2D eigenvalue weighted by Gasteiger charge is -2.31. The van der Waals surface area contributed by atoms with E-state index < -0.39 is 0 Å². The summed E-state index contributed by atoms with van der Waals surface area (Å²) in [4.78, 5) is 33.0. The number of carbonyl (C=O) groups is 1. The van der Waals surface area contributed by atoms with E-state index in [1.807, 2.05) is 28.0 Å². The first-order valence-corrected chi connectivity index (χ1v) is 11.6. The fourth-order valence-electron chi connectivity index (χ4n) is 4.60. The smallest absolute Gasteiger partial charge is 0.293 e. The molecule has 0 aliphatic carbocycles. The first-order valence-electron chi connectivity index (χ1n) is 10.8. The number of amides is 1. The van der Waals surface area contributed by atoms with E-state index in [4.69, 9.17) is 4.98 Å². The molecule has 1 aromatic heterocycles. The quantitative estimate of drug-likeness (QED) is 0.433. The first-order chi connectivity index (χ1) is 15.1. The number of thiazole rings is 1. The molecule has 31 heavy (non-hydrogen) atoms. The molecule has 7 nitrogen and oxygen atoms in total. The van der Waals surface area contributed by atoms with Crippen molar-refractivity contribution >= 4 is 38.8 Å². The van der Waals surface area contributed by atoms with Gasteiger partial charge in [-0.3, -0.25) is 14.9 Å². The lowest BCUT2D eigenvalue weighted by atomic mass is 9.97. The van der Waals surface area contributed by atoms with E-state index in [2.05, 4.69) is 6.07 Å². The van der Waals surface area contributed by atoms with Gasteiger partial charge >= 0.3 is 0 Å². The van der Waals surface area contributed by atoms with Gasteiger partial charge in [-0.05, 0) is 49.9 Å². The normalized spacial score (nSPS) is 17.4. The summed E-state index contributed by atoms with van der Waals surface area (Å²) in [5.74, 6) is 0.229. The van der Waals surface area contributed by atoms with Crippen LogP contribution in [0, 0.1) is 10.1 Å². The number of rotatable bonds is 4. The van der Waals surface area contributed by atoms with Crippen molar-refractivity contribution in [2.75, 3.05) is 31.1 Å². The highest BCUT2D eigenvalue weighted by molar-refractivity contribution is 7.18. The molecule has 160 valence electrons. The summed E-state index contributed by atoms with van der Waals surface area (Å²) in [6.45, 7) is 2.93. The second-order valence-electron chi connectivity index (χ2n) is 8.24. The van der Waals surface area contributed by atoms with Gasteiger partial charge in [0.15, 0.2) is 0 Å². The topological polar surface area (TPSA) is 79.6 Å². The van der Waals surface area contributed by atoms with Gasteiger partial charge in [-0.15, -0.1) is 11.3 Å². The average Bonchev–Trinajstić information content (AvgIpc) is 3.48. The fraction of sp³-hybridized carbons (Fsp3) is 0.391. The molecular weight excluding hydrogens is 412 g/mol. The van der Waals surface area contributed by atoms with Crippen LogP contribution >= 0.6 is 11.3 Å². The zero-order chi connectivity index (χ0) is 21.4. The van der Waals surface area contributed by atoms with Gasteiger partial charge in [-0.2, -0.15) is 0 Å². The summed E-state index contributed by atoms with van der Waals surface area (Å²) in [5, 5.41) is 12.8. The van der Waals surface area contributed by atoms with Crippen LogP contribution in [0.3, 0.4) is 0 Å². The second kappa shape index (κ2) is 8.26. The Morgan fingerprint density at radius 2 is 1.81 bits per heavy atom. The second-order valence-corrected chi connectivity index (χ2v) is 9.30. The van der Waals surface area contributed by atoms with Crippen LogP contribution in [0.5, 0.6) is 0 Å². The Labute approximate surface area is 184 Å². The van der Waals surface area contributed by atoms with Crippen molar-refractivity contribution in [3.05, 3.63) is 63.1 Å². The van der Waals surface area contributed by atoms with E-state index in [-0.39, 0.29) is 16.5 Å². The van der Waals surface area contributed by atoms with Crippen molar-refractivity contribution in [2.24, 2.45) is 0 Å². The maximum absolute atomic E-state index is 13.1. The fourth-order valence-corrected chi connectivity index (χ4v) is 5.74. The molecule has 1 amide bonds. The van der Waals surface area contributed by atoms with Crippen molar-refractivity contribution in [2.45, 2.75) is 31.6 Å². The third kappa shape index (κ3) is 3.87. The molecule has 2 aliphatic rings. The van der Waals surface area contributed by atoms with Crippen molar-refractivity contribution in [3.63, 3.8) is 0 Å². The van der Waals surface area contributed by atoms with Crippen LogP contribution in [-0.4, -0.2) is 46.9 Å². The largest absolute Gasteiger partial charge is 0.366 e. The number of piperidine rings is 1. The maximum Gasteiger partial charge on any atom is 0.293 e. The average molecular weight is 437 g/mol. The van der Waals surface area contributed by atoms with E-state index in [0.717, 1.165) is 49.3 Å². The molecule has 0 radical (unpaired) electrons. The maximum atomic E-state index is 13.1. The number of hydrogen-bond acceptors (Lipinski definition) is 6. The number of fused-ring (bicyclic) bond motifs is 1. The summed E-state index contributed by atoms with van der Waals surface area (Å²) >= 11 is 1.73. The zero-order valence-corrected chi connectivity index (χ0v) is 18.0. The number of nitrogens with zero attached hydrogens (tertiary/aromatic N) is 4. The predicted molar refractivity (Wildman–Crippen MR) is 122 cm³/mol. The summed E-state index contributed by atoms with van der Waals surface area (Å²) in [6.07, 6.45) is 3.81. The number of carbonyl (C=O) groups excluding carboxylic acids is 1. The van der Waals surface area contributed by atoms with Crippen LogP contribution in [0.4, 0.5) is 11.4 Å². The molecule has 0 spiro atoms. The summed E-state index contributed by atoms with van der Waals surface area (Å²) in [7, 11) is 0. The predicted octanol–water partition coefficient (Wildman–Crippen LogP) is 4.82. The van der Waals surface area contributed by atoms with Gasteiger partial charge in [0.1, 0.15) is 5.69 Å². The summed E-state index contributed by atoms with van der Waals surface area (Å²) in [6, 6.07) is 13.1. The van der Waals surface area contributed by atoms with Gasteiger partial charge in [-0.25, -0.2) is 4.98 Å². The van der Waals surface area contributed by atoms with Gasteiger partial charge in [0.2, 0.25) is 0 Å². The summed E-state index contributed by atoms with van der Waals surface area (Å²) in [5.41, 5.74) is 2.07. The van der Waals surface area contributed by atoms with E-state index in [1.54, 1.807) is 23.5 Å². The highest BCUT2D eigenvalue weighted by Crippen LogP contribution is 2.35. The number of likely N-dealkylation sites (tertiary alicyclic amines) is 1. The van der Waals surface area contributed by atoms with Crippen molar-refractivity contribution < 1.29 is 9.72 Å². The van der Waals surface area contributed by atoms with Gasteiger partial charge < -0.3 is 9.80 Å². The molecule has 0 bridgehead atoms. The van der Waals surface area contributed by atoms with Gasteiger partial charge in [-0.1, -0.05) is 12.1 Å². The van der Waals surface area contributed by atoms with Crippen molar-refractivity contribution in [3.8, 4) is 0 Å². The zero-order valence-electron chi connectivity index (χ0n) is 17.2. The molecule has 3 heterocycles. The lowest BCUT2D eigenvalue weighted by molar-refractivity contribution is -0.384. The van der Waals surface area contributed by atoms with Crippen molar-refractivity contribution in [1.29, 1.82) is 0 Å². The molecule has 0 unspecified atom stereocenters. The van der Waals surface area contributed by atoms with E-state index in [0.29, 0.717) is 30.3 Å². The van der Waals surface area contributed by atoms with Crippen LogP contribution in [0.25, 0.3) is 10.2 Å². The highest BCUT2D eigenvalue weighted by atomic mass is 32.1. The molecule has 2 saturated heterocycles. The van der Waals surface area contributed by atoms with Crippen LogP contribution in [-0.2, 0) is 0 Å². The number of nitro benzene ring substituents is 1. The van der Waals surface area contributed by atoms with Gasteiger partial charge in [0, 0.05) is 43.7 Å². The Morgan fingerprint density at radius 3 is 2.52 bits per heavy atom. The first kappa shape index (κ1) is 19.9. The molecule has 0 N–H and O–H groups in total. The van der Waals surface area contributed by atoms with Gasteiger partial charge in [0.25, 0.3) is 11.6 Å². The number of hydrogen-bond donors (Lipinski definition) is 0. The molecular formula is C23H24N4O3S. The number of nitro groups is 1. The SMILES string of the molecule is O=C(c1ccc(N2CCCC2)c([N+](=O)[O-])c1)N1CCC(c2nc3ccccc3s2)CC1. The monoisotopic (exact) mass is 436 g/mol. The standard InChI is InChI=1S/C23H24N4O3S/c28-23(17-7-8-19(20(15-17)27(29)30)25-11-3-4-12-25)26-13-9-16(10-14-26)22-24-18-5-1-2-6-21(18)31-22/h1-2,5-8,15-16H,3-4,9-14H2. The Kier molecular flexibility index (Phi) is 5.31. The number of aromatic nitrogens is 1. The van der Waals surface area contributed by atoms with Crippen LogP contribution in [0.2, 0.25) is 0 Å². The highest BCUT2D eigenvalue weighted by Gasteiger charge is 2.29. The third-order valence-electron chi connectivity index (χ3n) is 6.31. The molecule has 8 heteroatoms. The van der Waals surface area contributed by atoms with E-state index in [1.165, 1.54) is 10.8 Å². The number of anilines is 1. The Morgan fingerprint density at radius 1 is 1.06 bits per heavy atom. The third-order valence-corrected chi connectivity index (χ3v) is 7.51. The molecule has 5 rings (SSSR count). The van der Waals surface area contributed by atoms with Crippen LogP contribution < -0.4 is 4.90 Å². The molecule has 2 fully saturated rings. The minimum atomic E-state index is -0.371. The molecule has 2 aromatic carbocycles. The minimum Gasteiger partial charge on any atom is -0.366 e. The number of para-hydroxylation sites is 1. The minimum absolute atomic E-state index is 0.0251. The van der Waals surface area contributed by atoms with Crippen LogP contribution in [0.1, 0.15) is 47.0 Å². The van der Waals surface area contributed by atoms with Crippen molar-refractivity contribution in [1.82, 2.24) is 9.88 Å². The molecule has 3 aromatic rings. The van der Waals surface area contributed by atoms with Gasteiger partial charge in [0.05, 0.1) is 20.1 Å². The molecule has 2 aliphatic heterocycles.